The number of thiophene rings is 1. The van der Waals surface area contributed by atoms with Crippen molar-refractivity contribution in [2.24, 2.45) is 0 Å². The molecule has 0 unspecified atom stereocenters. The van der Waals surface area contributed by atoms with E-state index in [-0.39, 0.29) is 6.10 Å². The van der Waals surface area contributed by atoms with Crippen LogP contribution in [0.15, 0.2) is 17.5 Å². The van der Waals surface area contributed by atoms with Gasteiger partial charge in [-0.15, -0.1) is 11.3 Å². The molecule has 1 aromatic heterocycles. The van der Waals surface area contributed by atoms with Crippen LogP contribution in [0.1, 0.15) is 11.8 Å². The number of likely N-dealkylation sites (N-methyl/N-ethyl adjacent to an activating group) is 1. The van der Waals surface area contributed by atoms with Crippen LogP contribution in [0.4, 0.5) is 0 Å². The highest BCUT2D eigenvalue weighted by Gasteiger charge is 2.02. The van der Waals surface area contributed by atoms with Crippen LogP contribution < -0.4 is 0 Å². The quantitative estimate of drug-likeness (QED) is 0.778. The highest BCUT2D eigenvalue weighted by atomic mass is 32.1. The predicted molar refractivity (Wildman–Crippen MR) is 57.2 cm³/mol. The lowest BCUT2D eigenvalue weighted by Gasteiger charge is -2.17. The van der Waals surface area contributed by atoms with Crippen LogP contribution in [-0.4, -0.2) is 36.2 Å². The molecule has 0 aliphatic carbocycles. The molecule has 0 saturated heterocycles. The maximum absolute atomic E-state index is 9.14. The van der Waals surface area contributed by atoms with Gasteiger partial charge in [-0.1, -0.05) is 6.07 Å². The van der Waals surface area contributed by atoms with Crippen molar-refractivity contribution in [3.05, 3.63) is 22.4 Å². The minimum atomic E-state index is -0.228. The zero-order valence-corrected chi connectivity index (χ0v) is 9.05. The number of hydrogen-bond acceptors (Lipinski definition) is 3. The van der Waals surface area contributed by atoms with Crippen LogP contribution in [-0.2, 0) is 6.42 Å². The molecule has 0 saturated carbocycles. The Labute approximate surface area is 83.8 Å². The monoisotopic (exact) mass is 199 g/mol. The Bertz CT molecular complexity index is 221. The summed E-state index contributed by atoms with van der Waals surface area (Å²) < 4.78 is 0. The molecule has 0 bridgehead atoms. The van der Waals surface area contributed by atoms with Crippen LogP contribution in [0.5, 0.6) is 0 Å². The van der Waals surface area contributed by atoms with Crippen molar-refractivity contribution in [1.82, 2.24) is 4.90 Å². The highest BCUT2D eigenvalue weighted by molar-refractivity contribution is 7.09. The van der Waals surface area contributed by atoms with Crippen LogP contribution in [0.3, 0.4) is 0 Å². The lowest BCUT2D eigenvalue weighted by atomic mass is 10.3. The molecule has 0 amide bonds. The second-order valence-corrected chi connectivity index (χ2v) is 4.47. The standard InChI is InChI=1S/C10H17NOS/c1-9(12)8-11(2)6-5-10-4-3-7-13-10/h3-4,7,9,12H,5-6,8H2,1-2H3/t9-/m0/s1. The van der Waals surface area contributed by atoms with Gasteiger partial charge < -0.3 is 10.0 Å². The van der Waals surface area contributed by atoms with Crippen molar-refractivity contribution in [3.8, 4) is 0 Å². The van der Waals surface area contributed by atoms with Crippen molar-refractivity contribution >= 4 is 11.3 Å². The Balaban J connectivity index is 2.19. The zero-order chi connectivity index (χ0) is 9.68. The van der Waals surface area contributed by atoms with E-state index >= 15 is 0 Å². The van der Waals surface area contributed by atoms with E-state index in [4.69, 9.17) is 5.11 Å². The van der Waals surface area contributed by atoms with E-state index < -0.39 is 0 Å². The SMILES string of the molecule is C[C@H](O)CN(C)CCc1cccs1. The molecule has 2 nitrogen and oxygen atoms in total. The third kappa shape index (κ3) is 4.41. The third-order valence-corrected chi connectivity index (χ3v) is 2.83. The summed E-state index contributed by atoms with van der Waals surface area (Å²) in [6.07, 6.45) is 0.856. The van der Waals surface area contributed by atoms with Crippen molar-refractivity contribution in [2.45, 2.75) is 19.4 Å². The van der Waals surface area contributed by atoms with Crippen LogP contribution in [0.2, 0.25) is 0 Å². The maximum Gasteiger partial charge on any atom is 0.0638 e. The van der Waals surface area contributed by atoms with E-state index in [0.717, 1.165) is 19.5 Å². The summed E-state index contributed by atoms with van der Waals surface area (Å²) >= 11 is 1.79. The molecule has 0 radical (unpaired) electrons. The Morgan fingerprint density at radius 2 is 2.38 bits per heavy atom. The lowest BCUT2D eigenvalue weighted by Crippen LogP contribution is -2.28. The Kier molecular flexibility index (Phi) is 4.42. The molecule has 0 aliphatic rings. The van der Waals surface area contributed by atoms with Gasteiger partial charge in [-0.25, -0.2) is 0 Å². The topological polar surface area (TPSA) is 23.5 Å². The fraction of sp³-hybridized carbons (Fsp3) is 0.600. The summed E-state index contributed by atoms with van der Waals surface area (Å²) in [6.45, 7) is 3.60. The maximum atomic E-state index is 9.14. The molecular formula is C10H17NOS. The van der Waals surface area contributed by atoms with Gasteiger partial charge in [-0.3, -0.25) is 0 Å². The zero-order valence-electron chi connectivity index (χ0n) is 8.23. The van der Waals surface area contributed by atoms with Crippen molar-refractivity contribution < 1.29 is 5.11 Å². The Morgan fingerprint density at radius 1 is 1.62 bits per heavy atom. The first-order chi connectivity index (χ1) is 6.18. The molecule has 1 rings (SSSR count). The van der Waals surface area contributed by atoms with E-state index in [9.17, 15) is 0 Å². The molecule has 13 heavy (non-hydrogen) atoms. The molecule has 1 atom stereocenters. The Morgan fingerprint density at radius 3 is 2.92 bits per heavy atom. The molecule has 74 valence electrons. The first-order valence-corrected chi connectivity index (χ1v) is 5.45. The number of hydrogen-bond donors (Lipinski definition) is 1. The fourth-order valence-electron chi connectivity index (χ4n) is 1.30. The molecule has 1 aromatic rings. The van der Waals surface area contributed by atoms with Gasteiger partial charge >= 0.3 is 0 Å². The number of nitrogens with zero attached hydrogens (tertiary/aromatic N) is 1. The normalized spacial score (nSPS) is 13.5. The van der Waals surface area contributed by atoms with E-state index in [2.05, 4.69) is 22.4 Å². The van der Waals surface area contributed by atoms with Gasteiger partial charge in [-0.05, 0) is 31.8 Å². The molecule has 0 aromatic carbocycles. The first-order valence-electron chi connectivity index (χ1n) is 4.57. The Hall–Kier alpha value is -0.380. The molecular weight excluding hydrogens is 182 g/mol. The van der Waals surface area contributed by atoms with Crippen molar-refractivity contribution in [2.75, 3.05) is 20.1 Å². The van der Waals surface area contributed by atoms with Crippen molar-refractivity contribution in [1.29, 1.82) is 0 Å². The second-order valence-electron chi connectivity index (χ2n) is 3.44. The predicted octanol–water partition coefficient (Wildman–Crippen LogP) is 1.60. The molecule has 0 aliphatic heterocycles. The van der Waals surface area contributed by atoms with Crippen LogP contribution in [0, 0.1) is 0 Å². The number of aliphatic hydroxyl groups excluding tert-OH is 1. The van der Waals surface area contributed by atoms with Gasteiger partial charge in [0, 0.05) is 18.0 Å². The summed E-state index contributed by atoms with van der Waals surface area (Å²) in [5.74, 6) is 0. The van der Waals surface area contributed by atoms with E-state index in [1.165, 1.54) is 4.88 Å². The molecule has 0 fully saturated rings. The second kappa shape index (κ2) is 5.37. The lowest BCUT2D eigenvalue weighted by molar-refractivity contribution is 0.142. The van der Waals surface area contributed by atoms with E-state index in [1.54, 1.807) is 11.3 Å². The average molecular weight is 199 g/mol. The third-order valence-electron chi connectivity index (χ3n) is 1.90. The summed E-state index contributed by atoms with van der Waals surface area (Å²) in [7, 11) is 2.04. The molecule has 0 spiro atoms. The van der Waals surface area contributed by atoms with Crippen LogP contribution >= 0.6 is 11.3 Å². The minimum absolute atomic E-state index is 0.228. The fourth-order valence-corrected chi connectivity index (χ4v) is 2.00. The minimum Gasteiger partial charge on any atom is -0.392 e. The molecule has 1 heterocycles. The van der Waals surface area contributed by atoms with Gasteiger partial charge in [0.25, 0.3) is 0 Å². The number of aliphatic hydroxyl groups is 1. The first kappa shape index (κ1) is 10.7. The van der Waals surface area contributed by atoms with Gasteiger partial charge in [0.15, 0.2) is 0 Å². The smallest absolute Gasteiger partial charge is 0.0638 e. The summed E-state index contributed by atoms with van der Waals surface area (Å²) in [5, 5.41) is 11.2. The van der Waals surface area contributed by atoms with E-state index in [1.807, 2.05) is 14.0 Å². The molecule has 1 N–H and O–H groups in total. The van der Waals surface area contributed by atoms with Gasteiger partial charge in [0.1, 0.15) is 0 Å². The van der Waals surface area contributed by atoms with E-state index in [0.29, 0.717) is 0 Å². The summed E-state index contributed by atoms with van der Waals surface area (Å²) in [5.41, 5.74) is 0. The van der Waals surface area contributed by atoms with Gasteiger partial charge in [0.05, 0.1) is 6.10 Å². The molecule has 3 heteroatoms. The number of rotatable bonds is 5. The highest BCUT2D eigenvalue weighted by Crippen LogP contribution is 2.09. The van der Waals surface area contributed by atoms with Crippen molar-refractivity contribution in [3.63, 3.8) is 0 Å². The van der Waals surface area contributed by atoms with Crippen LogP contribution in [0.25, 0.3) is 0 Å². The van der Waals surface area contributed by atoms with Gasteiger partial charge in [-0.2, -0.15) is 0 Å². The van der Waals surface area contributed by atoms with Gasteiger partial charge in [0.2, 0.25) is 0 Å². The average Bonchev–Trinajstić information content (AvgIpc) is 2.51. The summed E-state index contributed by atoms with van der Waals surface area (Å²) in [4.78, 5) is 3.57. The largest absolute Gasteiger partial charge is 0.392 e. The summed E-state index contributed by atoms with van der Waals surface area (Å²) in [6, 6.07) is 4.23.